The molecule has 0 saturated heterocycles. The highest BCUT2D eigenvalue weighted by atomic mass is 15.2. The second-order valence-corrected chi connectivity index (χ2v) is 5.32. The molecule has 1 aromatic heterocycles. The Morgan fingerprint density at radius 1 is 1.29 bits per heavy atom. The maximum atomic E-state index is 7.85. The summed E-state index contributed by atoms with van der Waals surface area (Å²) in [7, 11) is 3.93. The molecule has 0 fully saturated rings. The topological polar surface area (TPSA) is 12.9 Å². The van der Waals surface area contributed by atoms with Crippen LogP contribution in [0.5, 0.6) is 0 Å². The molecule has 3 rings (SSSR count). The average molecular weight is 282 g/mol. The molecule has 1 aliphatic rings. The van der Waals surface area contributed by atoms with Crippen LogP contribution in [-0.2, 0) is 14.1 Å². The molecule has 0 aliphatic carbocycles. The van der Waals surface area contributed by atoms with E-state index in [0.717, 1.165) is 22.4 Å². The third kappa shape index (κ3) is 2.00. The molecule has 108 valence electrons. The zero-order valence-corrected chi connectivity index (χ0v) is 12.8. The van der Waals surface area contributed by atoms with E-state index in [2.05, 4.69) is 6.20 Å². The van der Waals surface area contributed by atoms with Crippen LogP contribution in [0.3, 0.4) is 0 Å². The lowest BCUT2D eigenvalue weighted by Gasteiger charge is -2.13. The van der Waals surface area contributed by atoms with E-state index in [1.807, 2.05) is 65.3 Å². The summed E-state index contributed by atoms with van der Waals surface area (Å²) in [6.45, 7) is 1.62. The second kappa shape index (κ2) is 4.92. The smallest absolute Gasteiger partial charge is 0.303 e. The Labute approximate surface area is 130 Å². The number of benzene rings is 1. The summed E-state index contributed by atoms with van der Waals surface area (Å²) in [6.07, 6.45) is 8.91. The van der Waals surface area contributed by atoms with Gasteiger partial charge in [0.25, 0.3) is 0 Å². The highest BCUT2D eigenvalue weighted by Gasteiger charge is 2.18. The molecule has 0 N–H and O–H groups in total. The van der Waals surface area contributed by atoms with Crippen LogP contribution in [-0.4, -0.2) is 9.13 Å². The molecule has 1 aliphatic heterocycles. The van der Waals surface area contributed by atoms with Crippen molar-refractivity contribution in [2.45, 2.75) is 20.7 Å². The second-order valence-electron chi connectivity index (χ2n) is 5.32. The summed E-state index contributed by atoms with van der Waals surface area (Å²) in [5.74, 6) is 0. The van der Waals surface area contributed by atoms with E-state index in [-0.39, 0.29) is 0 Å². The molecular formula is C18H21N3. The number of imidazole rings is 1. The fraction of sp³-hybridized carbons (Fsp3) is 0.278. The molecule has 0 spiro atoms. The van der Waals surface area contributed by atoms with Crippen molar-refractivity contribution in [3.05, 3.63) is 65.2 Å². The first kappa shape index (κ1) is 10.4. The van der Waals surface area contributed by atoms with Gasteiger partial charge < -0.3 is 4.58 Å². The van der Waals surface area contributed by atoms with E-state index in [4.69, 9.17) is 4.11 Å². The molecule has 0 atom stereocenters. The van der Waals surface area contributed by atoms with Crippen molar-refractivity contribution in [1.29, 1.82) is 0 Å². The van der Waals surface area contributed by atoms with E-state index >= 15 is 0 Å². The molecule has 21 heavy (non-hydrogen) atoms. The summed E-state index contributed by atoms with van der Waals surface area (Å²) in [4.78, 5) is 0. The van der Waals surface area contributed by atoms with Gasteiger partial charge in [-0.05, 0) is 6.92 Å². The predicted octanol–water partition coefficient (Wildman–Crippen LogP) is 2.90. The van der Waals surface area contributed by atoms with E-state index in [0.29, 0.717) is 11.1 Å². The van der Waals surface area contributed by atoms with Crippen molar-refractivity contribution < 1.29 is 4.11 Å². The van der Waals surface area contributed by atoms with Gasteiger partial charge in [-0.1, -0.05) is 48.7 Å². The summed E-state index contributed by atoms with van der Waals surface area (Å²) in [5, 5.41) is 0. The minimum Gasteiger partial charge on any atom is -0.303 e. The summed E-state index contributed by atoms with van der Waals surface area (Å²) < 4.78 is 29.5. The monoisotopic (exact) mass is 282 g/mol. The van der Waals surface area contributed by atoms with Gasteiger partial charge in [-0.15, -0.1) is 11.6 Å². The van der Waals surface area contributed by atoms with Gasteiger partial charge >= 0.3 is 5.62 Å². The molecule has 0 unspecified atom stereocenters. The van der Waals surface area contributed by atoms with Crippen LogP contribution in [0.4, 0.5) is 5.69 Å². The number of aryl methyl sites for hydroxylation is 3. The first-order chi connectivity index (χ1) is 11.3. The number of fused-ring (bicyclic) bond motifs is 1. The quantitative estimate of drug-likeness (QED) is 0.563. The van der Waals surface area contributed by atoms with Crippen molar-refractivity contribution in [2.24, 2.45) is 14.1 Å². The Balaban J connectivity index is 2.43. The van der Waals surface area contributed by atoms with Crippen LogP contribution in [0.15, 0.2) is 42.2 Å². The molecular weight excluding hydrogens is 258 g/mol. The van der Waals surface area contributed by atoms with Crippen LogP contribution >= 0.6 is 0 Å². The van der Waals surface area contributed by atoms with E-state index in [9.17, 15) is 0 Å². The fourth-order valence-electron chi connectivity index (χ4n) is 2.78. The number of aromatic nitrogens is 2. The van der Waals surface area contributed by atoms with Gasteiger partial charge in [-0.3, -0.25) is 9.13 Å². The van der Waals surface area contributed by atoms with Gasteiger partial charge in [0.05, 0.1) is 26.5 Å². The molecule has 0 saturated carbocycles. The van der Waals surface area contributed by atoms with Crippen LogP contribution in [0.25, 0.3) is 5.57 Å². The zero-order chi connectivity index (χ0) is 17.6. The molecule has 3 heteroatoms. The molecule has 0 amide bonds. The van der Waals surface area contributed by atoms with E-state index in [1.165, 1.54) is 0 Å². The largest absolute Gasteiger partial charge is 0.303 e. The number of hydrogen-bond donors (Lipinski definition) is 0. The van der Waals surface area contributed by atoms with Gasteiger partial charge in [-0.2, -0.15) is 0 Å². The Kier molecular flexibility index (Phi) is 2.44. The molecule has 1 aromatic carbocycles. The Hall–Kier alpha value is -2.29. The lowest BCUT2D eigenvalue weighted by molar-refractivity contribution is 0.675. The molecule has 2 heterocycles. The predicted molar refractivity (Wildman–Crippen MR) is 86.6 cm³/mol. The molecule has 0 bridgehead atoms. The van der Waals surface area contributed by atoms with Gasteiger partial charge in [0.2, 0.25) is 0 Å². The van der Waals surface area contributed by atoms with Crippen LogP contribution in [0, 0.1) is 13.1 Å². The Morgan fingerprint density at radius 2 is 2.00 bits per heavy atom. The molecule has 0 radical (unpaired) electrons. The van der Waals surface area contributed by atoms with Crippen molar-refractivity contribution in [3.63, 3.8) is 0 Å². The van der Waals surface area contributed by atoms with Crippen LogP contribution < -0.4 is 10.2 Å². The first-order valence-electron chi connectivity index (χ1n) is 8.47. The van der Waals surface area contributed by atoms with Gasteiger partial charge in [-0.25, -0.2) is 0 Å². The fourth-order valence-corrected chi connectivity index (χ4v) is 2.78. The number of hydrogen-bond acceptors (Lipinski definition) is 0. The van der Waals surface area contributed by atoms with Crippen LogP contribution in [0.1, 0.15) is 29.0 Å². The van der Waals surface area contributed by atoms with E-state index in [1.54, 1.807) is 13.0 Å². The number of rotatable bonds is 1. The minimum atomic E-state index is -2.18. The van der Waals surface area contributed by atoms with Crippen LogP contribution in [0.2, 0.25) is 0 Å². The minimum absolute atomic E-state index is 0.328. The number of para-hydroxylation sites is 1. The lowest BCUT2D eigenvalue weighted by atomic mass is 9.99. The number of allylic oxidation sites excluding steroid dienone is 3. The van der Waals surface area contributed by atoms with Crippen molar-refractivity contribution >= 4 is 11.3 Å². The van der Waals surface area contributed by atoms with Gasteiger partial charge in [0, 0.05) is 16.0 Å². The average Bonchev–Trinajstić information content (AvgIpc) is 3.00. The SMILES string of the molecule is [2H]C([2H])([2H])C(=CC)C1=[C-][N+](=c2n(C)ccn2C)c2c(C)cccc21. The summed E-state index contributed by atoms with van der Waals surface area (Å²) in [6, 6.07) is 5.95. The first-order valence-corrected chi connectivity index (χ1v) is 6.97. The standard InChI is InChI=1S/C18H21N3/c1-6-13(2)16-12-21(18-19(4)10-11-20(18)5)17-14(3)8-7-9-15(16)17/h6-11H,1-5H3/i2D3. The Morgan fingerprint density at radius 3 is 2.62 bits per heavy atom. The van der Waals surface area contributed by atoms with Gasteiger partial charge in [0.1, 0.15) is 0 Å². The van der Waals surface area contributed by atoms with Crippen molar-refractivity contribution in [3.8, 4) is 0 Å². The third-order valence-electron chi connectivity index (χ3n) is 3.86. The zero-order valence-electron chi connectivity index (χ0n) is 15.8. The third-order valence-corrected chi connectivity index (χ3v) is 3.86. The normalized spacial score (nSPS) is 17.1. The molecule has 2 aromatic rings. The van der Waals surface area contributed by atoms with Crippen molar-refractivity contribution in [1.82, 2.24) is 13.7 Å². The highest BCUT2D eigenvalue weighted by molar-refractivity contribution is 5.87. The summed E-state index contributed by atoms with van der Waals surface area (Å²) in [5.41, 5.74) is 4.85. The van der Waals surface area contributed by atoms with Gasteiger partial charge in [0.15, 0.2) is 0 Å². The summed E-state index contributed by atoms with van der Waals surface area (Å²) >= 11 is 0. The van der Waals surface area contributed by atoms with E-state index < -0.39 is 6.85 Å². The number of nitrogens with zero attached hydrogens (tertiary/aromatic N) is 3. The lowest BCUT2D eigenvalue weighted by Crippen LogP contribution is -2.33. The molecule has 3 nitrogen and oxygen atoms in total. The van der Waals surface area contributed by atoms with Crippen molar-refractivity contribution in [2.75, 3.05) is 0 Å². The highest BCUT2D eigenvalue weighted by Crippen LogP contribution is 2.37. The Bertz CT molecular complexity index is 915. The maximum absolute atomic E-state index is 7.85. The maximum Gasteiger partial charge on any atom is 0.303 e.